The third-order valence-corrected chi connectivity index (χ3v) is 7.21. The normalized spacial score (nSPS) is 15.9. The lowest BCUT2D eigenvalue weighted by molar-refractivity contribution is -0.140. The van der Waals surface area contributed by atoms with Crippen LogP contribution in [0.5, 0.6) is 5.75 Å². The Morgan fingerprint density at radius 2 is 1.67 bits per heavy atom. The van der Waals surface area contributed by atoms with Crippen LogP contribution in [0.1, 0.15) is 57.6 Å². The molecule has 4 aromatic rings. The van der Waals surface area contributed by atoms with Gasteiger partial charge in [-0.05, 0) is 72.0 Å². The van der Waals surface area contributed by atoms with Crippen molar-refractivity contribution in [1.82, 2.24) is 9.88 Å². The molecule has 8 nitrogen and oxygen atoms in total. The van der Waals surface area contributed by atoms with Crippen molar-refractivity contribution in [2.45, 2.75) is 39.5 Å². The number of benzene rings is 3. The van der Waals surface area contributed by atoms with Crippen LogP contribution < -0.4 is 4.74 Å². The molecule has 1 atom stereocenters. The monoisotopic (exact) mass is 576 g/mol. The van der Waals surface area contributed by atoms with Gasteiger partial charge in [0.2, 0.25) is 0 Å². The van der Waals surface area contributed by atoms with Gasteiger partial charge >= 0.3 is 5.97 Å². The first-order valence-electron chi connectivity index (χ1n) is 14.1. The fraction of sp³-hybridized carbons (Fsp3) is 0.200. The van der Waals surface area contributed by atoms with E-state index in [-0.39, 0.29) is 17.9 Å². The van der Waals surface area contributed by atoms with Gasteiger partial charge in [-0.2, -0.15) is 0 Å². The first-order valence-corrected chi connectivity index (χ1v) is 14.1. The van der Waals surface area contributed by atoms with Gasteiger partial charge in [-0.25, -0.2) is 4.79 Å². The number of hydrogen-bond acceptors (Lipinski definition) is 7. The van der Waals surface area contributed by atoms with Crippen LogP contribution in [0.2, 0.25) is 0 Å². The number of esters is 1. The maximum absolute atomic E-state index is 13.4. The molecule has 1 amide bonds. The van der Waals surface area contributed by atoms with E-state index in [4.69, 9.17) is 9.47 Å². The highest BCUT2D eigenvalue weighted by Gasteiger charge is 2.46. The fourth-order valence-corrected chi connectivity index (χ4v) is 5.00. The number of aliphatic hydroxyl groups is 1. The second-order valence-electron chi connectivity index (χ2n) is 10.3. The molecule has 0 saturated carbocycles. The molecular formula is C35H32N2O6. The number of Topliss-reactive ketones (excluding diaryl/α,β-unsaturated/α-hetero) is 1. The predicted octanol–water partition coefficient (Wildman–Crippen LogP) is 6.16. The maximum Gasteiger partial charge on any atom is 0.338 e. The molecule has 0 aliphatic carbocycles. The zero-order chi connectivity index (χ0) is 30.3. The number of hydrogen-bond donors (Lipinski definition) is 1. The highest BCUT2D eigenvalue weighted by atomic mass is 16.5. The topological polar surface area (TPSA) is 106 Å². The standard InChI is InChI=1S/C35H32N2O6/c1-3-18-42-35(41)26-13-11-24(12-14-26)21-37-31(28-10-7-17-36-20-28)30(33(39)34(37)40)32(38)27-15-16-29(23(2)19-27)43-22-25-8-5-4-6-9-25/h4-17,19-20,31,38H,3,18,21-22H2,1-2H3/b32-30-. The van der Waals surface area contributed by atoms with E-state index in [1.165, 1.54) is 4.90 Å². The summed E-state index contributed by atoms with van der Waals surface area (Å²) < 4.78 is 11.2. The predicted molar refractivity (Wildman–Crippen MR) is 161 cm³/mol. The summed E-state index contributed by atoms with van der Waals surface area (Å²) in [6.07, 6.45) is 3.90. The lowest BCUT2D eigenvalue weighted by Gasteiger charge is -2.25. The van der Waals surface area contributed by atoms with Crippen LogP contribution in [0.4, 0.5) is 0 Å². The van der Waals surface area contributed by atoms with Gasteiger partial charge < -0.3 is 19.5 Å². The average Bonchev–Trinajstić information content (AvgIpc) is 3.28. The molecule has 3 aromatic carbocycles. The van der Waals surface area contributed by atoms with Gasteiger partial charge in [0, 0.05) is 24.5 Å². The third kappa shape index (κ3) is 6.48. The minimum absolute atomic E-state index is 0.0184. The summed E-state index contributed by atoms with van der Waals surface area (Å²) in [4.78, 5) is 44.7. The number of ketones is 1. The molecule has 43 heavy (non-hydrogen) atoms. The number of carbonyl (C=O) groups excluding carboxylic acids is 3. The number of nitrogens with zero attached hydrogens (tertiary/aromatic N) is 2. The minimum atomic E-state index is -0.864. The summed E-state index contributed by atoms with van der Waals surface area (Å²) in [5.41, 5.74) is 3.86. The summed E-state index contributed by atoms with van der Waals surface area (Å²) in [5.74, 6) is -1.57. The summed E-state index contributed by atoms with van der Waals surface area (Å²) in [7, 11) is 0. The van der Waals surface area contributed by atoms with Crippen molar-refractivity contribution >= 4 is 23.4 Å². The van der Waals surface area contributed by atoms with Crippen molar-refractivity contribution in [3.8, 4) is 5.75 Å². The molecule has 1 aromatic heterocycles. The van der Waals surface area contributed by atoms with Crippen LogP contribution in [0.25, 0.3) is 5.76 Å². The lowest BCUT2D eigenvalue weighted by atomic mass is 9.95. The van der Waals surface area contributed by atoms with Crippen molar-refractivity contribution in [3.05, 3.63) is 136 Å². The van der Waals surface area contributed by atoms with E-state index < -0.39 is 23.7 Å². The zero-order valence-corrected chi connectivity index (χ0v) is 24.0. The molecule has 1 unspecified atom stereocenters. The molecule has 1 N–H and O–H groups in total. The highest BCUT2D eigenvalue weighted by Crippen LogP contribution is 2.40. The Balaban J connectivity index is 1.44. The molecule has 2 heterocycles. The Morgan fingerprint density at radius 3 is 2.35 bits per heavy atom. The molecule has 1 aliphatic heterocycles. The third-order valence-electron chi connectivity index (χ3n) is 7.21. The van der Waals surface area contributed by atoms with Gasteiger partial charge in [0.15, 0.2) is 0 Å². The Labute approximate surface area is 250 Å². The SMILES string of the molecule is CCCOC(=O)c1ccc(CN2C(=O)C(=O)/C(=C(\O)c3ccc(OCc4ccccc4)c(C)c3)C2c2cccnc2)cc1. The van der Waals surface area contributed by atoms with E-state index >= 15 is 0 Å². The van der Waals surface area contributed by atoms with E-state index in [1.807, 2.05) is 44.2 Å². The molecular weight excluding hydrogens is 544 g/mol. The van der Waals surface area contributed by atoms with Crippen LogP contribution in [-0.4, -0.2) is 39.3 Å². The second kappa shape index (κ2) is 13.2. The van der Waals surface area contributed by atoms with Gasteiger partial charge in [-0.3, -0.25) is 14.6 Å². The van der Waals surface area contributed by atoms with Crippen molar-refractivity contribution in [3.63, 3.8) is 0 Å². The largest absolute Gasteiger partial charge is 0.507 e. The number of aryl methyl sites for hydroxylation is 1. The highest BCUT2D eigenvalue weighted by molar-refractivity contribution is 6.46. The number of pyridine rings is 1. The summed E-state index contributed by atoms with van der Waals surface area (Å²) in [6.45, 7) is 4.58. The van der Waals surface area contributed by atoms with Crippen LogP contribution in [0, 0.1) is 6.92 Å². The lowest BCUT2D eigenvalue weighted by Crippen LogP contribution is -2.29. The van der Waals surface area contributed by atoms with Gasteiger partial charge in [-0.1, -0.05) is 55.5 Å². The molecule has 8 heteroatoms. The first-order chi connectivity index (χ1) is 20.9. The number of amides is 1. The smallest absolute Gasteiger partial charge is 0.338 e. The Kier molecular flexibility index (Phi) is 8.96. The Hall–Kier alpha value is -5.24. The van der Waals surface area contributed by atoms with Crippen LogP contribution in [0.15, 0.2) is 103 Å². The molecule has 1 aliphatic rings. The van der Waals surface area contributed by atoms with E-state index in [9.17, 15) is 19.5 Å². The number of aromatic nitrogens is 1. The fourth-order valence-electron chi connectivity index (χ4n) is 5.00. The quantitative estimate of drug-likeness (QED) is 0.104. The number of likely N-dealkylation sites (tertiary alicyclic amines) is 1. The van der Waals surface area contributed by atoms with Crippen molar-refractivity contribution in [2.24, 2.45) is 0 Å². The Bertz CT molecular complexity index is 1650. The minimum Gasteiger partial charge on any atom is -0.507 e. The second-order valence-corrected chi connectivity index (χ2v) is 10.3. The first kappa shape index (κ1) is 29.3. The van der Waals surface area contributed by atoms with E-state index in [0.29, 0.717) is 41.2 Å². The van der Waals surface area contributed by atoms with Crippen molar-refractivity contribution in [2.75, 3.05) is 6.61 Å². The van der Waals surface area contributed by atoms with Crippen LogP contribution >= 0.6 is 0 Å². The molecule has 0 radical (unpaired) electrons. The van der Waals surface area contributed by atoms with E-state index in [0.717, 1.165) is 17.5 Å². The maximum atomic E-state index is 13.4. The van der Waals surface area contributed by atoms with Crippen LogP contribution in [-0.2, 0) is 27.5 Å². The van der Waals surface area contributed by atoms with Crippen molar-refractivity contribution in [1.29, 1.82) is 0 Å². The summed E-state index contributed by atoms with van der Waals surface area (Å²) in [5, 5.41) is 11.5. The van der Waals surface area contributed by atoms with Crippen molar-refractivity contribution < 1.29 is 29.0 Å². The number of aliphatic hydroxyl groups excluding tert-OH is 1. The molecule has 0 spiro atoms. The number of rotatable bonds is 10. The molecule has 1 fully saturated rings. The summed E-state index contributed by atoms with van der Waals surface area (Å²) in [6, 6.07) is 24.3. The van der Waals surface area contributed by atoms with Gasteiger partial charge in [0.05, 0.1) is 23.8 Å². The van der Waals surface area contributed by atoms with Gasteiger partial charge in [0.25, 0.3) is 11.7 Å². The van der Waals surface area contributed by atoms with Gasteiger partial charge in [0.1, 0.15) is 18.1 Å². The molecule has 1 saturated heterocycles. The van der Waals surface area contributed by atoms with E-state index in [2.05, 4.69) is 4.98 Å². The molecule has 5 rings (SSSR count). The number of carbonyl (C=O) groups is 3. The van der Waals surface area contributed by atoms with E-state index in [1.54, 1.807) is 67.0 Å². The van der Waals surface area contributed by atoms with Crippen LogP contribution in [0.3, 0.4) is 0 Å². The Morgan fingerprint density at radius 1 is 0.930 bits per heavy atom. The van der Waals surface area contributed by atoms with Gasteiger partial charge in [-0.15, -0.1) is 0 Å². The molecule has 0 bridgehead atoms. The number of ether oxygens (including phenoxy) is 2. The average molecular weight is 577 g/mol. The summed E-state index contributed by atoms with van der Waals surface area (Å²) >= 11 is 0. The zero-order valence-electron chi connectivity index (χ0n) is 24.0. The molecule has 218 valence electrons.